The highest BCUT2D eigenvalue weighted by Gasteiger charge is 2.34. The number of ether oxygens (including phenoxy) is 1. The summed E-state index contributed by atoms with van der Waals surface area (Å²) in [5, 5.41) is 0. The Kier molecular flexibility index (Phi) is 5.08. The predicted octanol–water partition coefficient (Wildman–Crippen LogP) is 2.38. The molecule has 2 N–H and O–H groups in total. The predicted molar refractivity (Wildman–Crippen MR) is 79.3 cm³/mol. The fraction of sp³-hybridized carbons (Fsp3) is 0.933. The number of guanidine groups is 1. The fourth-order valence-electron chi connectivity index (χ4n) is 3.05. The first-order valence-corrected chi connectivity index (χ1v) is 7.77. The van der Waals surface area contributed by atoms with Crippen LogP contribution in [-0.2, 0) is 4.74 Å². The Balaban J connectivity index is 1.86. The molecule has 4 nitrogen and oxygen atoms in total. The molecule has 0 spiro atoms. The van der Waals surface area contributed by atoms with Crippen molar-refractivity contribution in [2.75, 3.05) is 26.8 Å². The van der Waals surface area contributed by atoms with Crippen LogP contribution in [0.25, 0.3) is 0 Å². The zero-order valence-corrected chi connectivity index (χ0v) is 12.5. The van der Waals surface area contributed by atoms with Gasteiger partial charge in [-0.05, 0) is 44.4 Å². The Hall–Kier alpha value is -0.770. The molecule has 0 saturated heterocycles. The summed E-state index contributed by atoms with van der Waals surface area (Å²) in [6.45, 7) is 4.61. The molecule has 0 aromatic rings. The molecule has 2 saturated carbocycles. The number of hydrogen-bond donors (Lipinski definition) is 1. The van der Waals surface area contributed by atoms with Gasteiger partial charge in [-0.1, -0.05) is 12.8 Å². The van der Waals surface area contributed by atoms with Crippen LogP contribution < -0.4 is 5.73 Å². The Bertz CT molecular complexity index is 307. The van der Waals surface area contributed by atoms with Crippen LogP contribution in [0.1, 0.15) is 51.9 Å². The van der Waals surface area contributed by atoms with E-state index in [0.717, 1.165) is 32.1 Å². The first kappa shape index (κ1) is 14.6. The van der Waals surface area contributed by atoms with E-state index >= 15 is 0 Å². The molecule has 0 amide bonds. The Labute approximate surface area is 117 Å². The van der Waals surface area contributed by atoms with E-state index in [1.54, 1.807) is 0 Å². The van der Waals surface area contributed by atoms with Crippen molar-refractivity contribution in [3.63, 3.8) is 0 Å². The summed E-state index contributed by atoms with van der Waals surface area (Å²) < 4.78 is 5.53. The smallest absolute Gasteiger partial charge is 0.191 e. The quantitative estimate of drug-likeness (QED) is 0.438. The van der Waals surface area contributed by atoms with Gasteiger partial charge in [0, 0.05) is 32.8 Å². The van der Waals surface area contributed by atoms with Crippen LogP contribution in [0.2, 0.25) is 0 Å². The maximum Gasteiger partial charge on any atom is 0.191 e. The number of nitrogens with zero attached hydrogens (tertiary/aromatic N) is 2. The molecule has 2 fully saturated rings. The third-order valence-corrected chi connectivity index (χ3v) is 4.68. The van der Waals surface area contributed by atoms with Gasteiger partial charge in [-0.15, -0.1) is 0 Å². The molecule has 19 heavy (non-hydrogen) atoms. The molecule has 0 aromatic heterocycles. The van der Waals surface area contributed by atoms with Crippen LogP contribution >= 0.6 is 0 Å². The Morgan fingerprint density at radius 3 is 2.63 bits per heavy atom. The van der Waals surface area contributed by atoms with E-state index in [9.17, 15) is 0 Å². The van der Waals surface area contributed by atoms with Gasteiger partial charge in [-0.2, -0.15) is 0 Å². The zero-order valence-electron chi connectivity index (χ0n) is 12.5. The van der Waals surface area contributed by atoms with Gasteiger partial charge in [0.15, 0.2) is 5.96 Å². The summed E-state index contributed by atoms with van der Waals surface area (Å²) in [7, 11) is 2.07. The normalized spacial score (nSPS) is 22.7. The lowest BCUT2D eigenvalue weighted by molar-refractivity contribution is 0.107. The van der Waals surface area contributed by atoms with Crippen molar-refractivity contribution in [3.8, 4) is 0 Å². The number of hydrogen-bond acceptors (Lipinski definition) is 2. The molecule has 0 aliphatic heterocycles. The Morgan fingerprint density at radius 2 is 2.05 bits per heavy atom. The lowest BCUT2D eigenvalue weighted by Crippen LogP contribution is -2.37. The molecular weight excluding hydrogens is 238 g/mol. The van der Waals surface area contributed by atoms with Gasteiger partial charge in [-0.3, -0.25) is 4.99 Å². The summed E-state index contributed by atoms with van der Waals surface area (Å²) in [4.78, 5) is 6.83. The second-order valence-electron chi connectivity index (χ2n) is 6.17. The molecule has 2 aliphatic rings. The van der Waals surface area contributed by atoms with Crippen LogP contribution in [0.3, 0.4) is 0 Å². The molecule has 0 unspecified atom stereocenters. The van der Waals surface area contributed by atoms with E-state index in [-0.39, 0.29) is 0 Å². The van der Waals surface area contributed by atoms with Crippen molar-refractivity contribution in [3.05, 3.63) is 0 Å². The summed E-state index contributed by atoms with van der Waals surface area (Å²) in [5.41, 5.74) is 6.45. The lowest BCUT2D eigenvalue weighted by atomic mass is 9.83. The van der Waals surface area contributed by atoms with Crippen molar-refractivity contribution in [1.82, 2.24) is 4.90 Å². The van der Waals surface area contributed by atoms with Crippen molar-refractivity contribution < 1.29 is 4.74 Å². The lowest BCUT2D eigenvalue weighted by Gasteiger charge is -2.28. The van der Waals surface area contributed by atoms with Crippen LogP contribution in [-0.4, -0.2) is 43.7 Å². The summed E-state index contributed by atoms with van der Waals surface area (Å²) in [5.74, 6) is 0.727. The highest BCUT2D eigenvalue weighted by Crippen LogP contribution is 2.41. The third-order valence-electron chi connectivity index (χ3n) is 4.68. The molecule has 0 heterocycles. The van der Waals surface area contributed by atoms with Crippen LogP contribution in [0.5, 0.6) is 0 Å². The molecule has 0 aromatic carbocycles. The standard InChI is InChI=1S/C15H29N3O/c1-3-19-11-10-15(8-4-5-9-15)12-17-14(16)18(2)13-6-7-13/h13H,3-12H2,1-2H3,(H2,16,17). The van der Waals surface area contributed by atoms with Crippen LogP contribution in [0.4, 0.5) is 0 Å². The van der Waals surface area contributed by atoms with Crippen molar-refractivity contribution in [2.24, 2.45) is 16.1 Å². The molecule has 4 heteroatoms. The maximum atomic E-state index is 6.09. The summed E-state index contributed by atoms with van der Waals surface area (Å²) in [6.07, 6.45) is 8.89. The van der Waals surface area contributed by atoms with Gasteiger partial charge in [0.25, 0.3) is 0 Å². The van der Waals surface area contributed by atoms with E-state index < -0.39 is 0 Å². The second kappa shape index (κ2) is 6.60. The van der Waals surface area contributed by atoms with Crippen LogP contribution in [0, 0.1) is 5.41 Å². The van der Waals surface area contributed by atoms with Crippen molar-refractivity contribution in [2.45, 2.75) is 57.9 Å². The van der Waals surface area contributed by atoms with Crippen molar-refractivity contribution in [1.29, 1.82) is 0 Å². The third kappa shape index (κ3) is 4.10. The SMILES string of the molecule is CCOCCC1(CN=C(N)N(C)C2CC2)CCCC1. The minimum Gasteiger partial charge on any atom is -0.382 e. The zero-order chi connectivity index (χ0) is 13.7. The average molecular weight is 267 g/mol. The highest BCUT2D eigenvalue weighted by atomic mass is 16.5. The second-order valence-corrected chi connectivity index (χ2v) is 6.17. The van der Waals surface area contributed by atoms with E-state index in [1.807, 2.05) is 0 Å². The fourth-order valence-corrected chi connectivity index (χ4v) is 3.05. The van der Waals surface area contributed by atoms with Gasteiger partial charge in [-0.25, -0.2) is 0 Å². The van der Waals surface area contributed by atoms with Gasteiger partial charge < -0.3 is 15.4 Å². The minimum absolute atomic E-state index is 0.351. The topological polar surface area (TPSA) is 50.9 Å². The molecule has 2 aliphatic carbocycles. The largest absolute Gasteiger partial charge is 0.382 e. The first-order chi connectivity index (χ1) is 9.17. The molecule has 0 bridgehead atoms. The molecular formula is C15H29N3O. The van der Waals surface area contributed by atoms with Crippen LogP contribution in [0.15, 0.2) is 4.99 Å². The molecule has 2 rings (SSSR count). The van der Waals surface area contributed by atoms with E-state index in [2.05, 4.69) is 23.9 Å². The van der Waals surface area contributed by atoms with Gasteiger partial charge in [0.1, 0.15) is 0 Å². The van der Waals surface area contributed by atoms with E-state index in [1.165, 1.54) is 38.5 Å². The monoisotopic (exact) mass is 267 g/mol. The molecule has 110 valence electrons. The first-order valence-electron chi connectivity index (χ1n) is 7.77. The summed E-state index contributed by atoms with van der Waals surface area (Å²) in [6, 6.07) is 0.645. The van der Waals surface area contributed by atoms with E-state index in [4.69, 9.17) is 10.5 Å². The van der Waals surface area contributed by atoms with Gasteiger partial charge in [0.2, 0.25) is 0 Å². The van der Waals surface area contributed by atoms with Crippen molar-refractivity contribution >= 4 is 5.96 Å². The van der Waals surface area contributed by atoms with E-state index in [0.29, 0.717) is 11.5 Å². The van der Waals surface area contributed by atoms with Gasteiger partial charge in [0.05, 0.1) is 0 Å². The average Bonchev–Trinajstić information content (AvgIpc) is 3.16. The molecule has 0 atom stereocenters. The number of aliphatic imine (C=N–C) groups is 1. The Morgan fingerprint density at radius 1 is 1.37 bits per heavy atom. The number of rotatable bonds is 7. The highest BCUT2D eigenvalue weighted by molar-refractivity contribution is 5.78. The molecule has 0 radical (unpaired) electrons. The maximum absolute atomic E-state index is 6.09. The van der Waals surface area contributed by atoms with Gasteiger partial charge >= 0.3 is 0 Å². The number of nitrogens with two attached hydrogens (primary N) is 1. The minimum atomic E-state index is 0.351. The summed E-state index contributed by atoms with van der Waals surface area (Å²) >= 11 is 0.